The van der Waals surface area contributed by atoms with Crippen LogP contribution in [0.25, 0.3) is 0 Å². The predicted molar refractivity (Wildman–Crippen MR) is 64.2 cm³/mol. The number of aliphatic hydroxyl groups is 1. The van der Waals surface area contributed by atoms with Crippen molar-refractivity contribution in [2.75, 3.05) is 20.1 Å². The van der Waals surface area contributed by atoms with Crippen molar-refractivity contribution < 1.29 is 5.11 Å². The van der Waals surface area contributed by atoms with Crippen molar-refractivity contribution in [1.29, 1.82) is 0 Å². The van der Waals surface area contributed by atoms with Crippen LogP contribution >= 0.6 is 0 Å². The summed E-state index contributed by atoms with van der Waals surface area (Å²) < 4.78 is 0. The molecule has 2 rings (SSSR count). The van der Waals surface area contributed by atoms with E-state index in [1.165, 1.54) is 0 Å². The highest BCUT2D eigenvalue weighted by Gasteiger charge is 2.27. The lowest BCUT2D eigenvalue weighted by Gasteiger charge is -2.34. The van der Waals surface area contributed by atoms with Gasteiger partial charge in [0.05, 0.1) is 6.10 Å². The molecule has 1 aromatic rings. The number of aliphatic hydroxyl groups excluding tert-OH is 1. The molecule has 0 amide bonds. The Labute approximate surface area is 97.1 Å². The summed E-state index contributed by atoms with van der Waals surface area (Å²) in [6.07, 6.45) is 4.78. The van der Waals surface area contributed by atoms with Crippen LogP contribution in [0, 0.1) is 5.92 Å². The van der Waals surface area contributed by atoms with E-state index >= 15 is 0 Å². The number of hydrogen-bond donors (Lipinski definition) is 1. The molecule has 1 heterocycles. The predicted octanol–water partition coefficient (Wildman–Crippen LogP) is 1.33. The van der Waals surface area contributed by atoms with Gasteiger partial charge in [-0.05, 0) is 37.9 Å². The third-order valence-electron chi connectivity index (χ3n) is 3.26. The van der Waals surface area contributed by atoms with Gasteiger partial charge in [-0.25, -0.2) is 0 Å². The molecule has 1 aliphatic carbocycles. The Hall–Kier alpha value is -0.930. The van der Waals surface area contributed by atoms with E-state index in [0.717, 1.165) is 38.0 Å². The zero-order valence-electron chi connectivity index (χ0n) is 9.84. The van der Waals surface area contributed by atoms with Crippen LogP contribution in [-0.4, -0.2) is 41.2 Å². The number of nitrogens with zero attached hydrogens (tertiary/aromatic N) is 2. The van der Waals surface area contributed by atoms with Crippen LogP contribution in [0.2, 0.25) is 0 Å². The van der Waals surface area contributed by atoms with Crippen LogP contribution < -0.4 is 0 Å². The summed E-state index contributed by atoms with van der Waals surface area (Å²) in [7, 11) is 2.15. The molecule has 3 heteroatoms. The number of likely N-dealkylation sites (N-methyl/N-ethyl adjacent to an activating group) is 1. The van der Waals surface area contributed by atoms with Crippen molar-refractivity contribution in [3.8, 4) is 0 Å². The van der Waals surface area contributed by atoms with Crippen LogP contribution in [0.4, 0.5) is 0 Å². The van der Waals surface area contributed by atoms with E-state index in [0.29, 0.717) is 5.92 Å². The maximum Gasteiger partial charge on any atom is 0.0546 e. The van der Waals surface area contributed by atoms with Crippen LogP contribution in [0.1, 0.15) is 18.5 Å². The Bertz CT molecular complexity index is 309. The van der Waals surface area contributed by atoms with Crippen molar-refractivity contribution in [2.45, 2.75) is 25.4 Å². The number of pyridine rings is 1. The molecule has 1 aliphatic rings. The summed E-state index contributed by atoms with van der Waals surface area (Å²) in [6.45, 7) is 2.15. The molecule has 3 nitrogen and oxygen atoms in total. The number of hydrogen-bond acceptors (Lipinski definition) is 3. The minimum atomic E-state index is -0.0332. The Balaban J connectivity index is 1.66. The van der Waals surface area contributed by atoms with E-state index in [-0.39, 0.29) is 6.10 Å². The SMILES string of the molecule is CN(CCc1ccccn1)CC1CC(O)C1. The molecule has 0 atom stereocenters. The van der Waals surface area contributed by atoms with Gasteiger partial charge in [0.2, 0.25) is 0 Å². The van der Waals surface area contributed by atoms with Gasteiger partial charge in [-0.1, -0.05) is 6.07 Å². The van der Waals surface area contributed by atoms with Crippen molar-refractivity contribution in [3.05, 3.63) is 30.1 Å². The van der Waals surface area contributed by atoms with Gasteiger partial charge in [-0.3, -0.25) is 4.98 Å². The maximum absolute atomic E-state index is 9.21. The monoisotopic (exact) mass is 220 g/mol. The highest BCUT2D eigenvalue weighted by molar-refractivity contribution is 5.03. The van der Waals surface area contributed by atoms with Crippen molar-refractivity contribution in [1.82, 2.24) is 9.88 Å². The van der Waals surface area contributed by atoms with Crippen LogP contribution in [0.3, 0.4) is 0 Å². The zero-order valence-corrected chi connectivity index (χ0v) is 9.84. The molecule has 88 valence electrons. The van der Waals surface area contributed by atoms with Gasteiger partial charge in [0.15, 0.2) is 0 Å². The highest BCUT2D eigenvalue weighted by Crippen LogP contribution is 2.27. The molecule has 0 spiro atoms. The largest absolute Gasteiger partial charge is 0.393 e. The fourth-order valence-electron chi connectivity index (χ4n) is 2.23. The molecule has 0 unspecified atom stereocenters. The first-order valence-electron chi connectivity index (χ1n) is 6.00. The van der Waals surface area contributed by atoms with Gasteiger partial charge >= 0.3 is 0 Å². The molecule has 16 heavy (non-hydrogen) atoms. The molecule has 0 radical (unpaired) electrons. The summed E-state index contributed by atoms with van der Waals surface area (Å²) >= 11 is 0. The molecule has 1 aromatic heterocycles. The summed E-state index contributed by atoms with van der Waals surface area (Å²) in [6, 6.07) is 6.05. The average molecular weight is 220 g/mol. The van der Waals surface area contributed by atoms with E-state index < -0.39 is 0 Å². The Kier molecular flexibility index (Phi) is 3.91. The lowest BCUT2D eigenvalue weighted by molar-refractivity contribution is 0.0285. The summed E-state index contributed by atoms with van der Waals surface area (Å²) in [5.41, 5.74) is 1.16. The third-order valence-corrected chi connectivity index (χ3v) is 3.26. The van der Waals surface area contributed by atoms with Crippen LogP contribution in [-0.2, 0) is 6.42 Å². The van der Waals surface area contributed by atoms with E-state index in [4.69, 9.17) is 0 Å². The lowest BCUT2D eigenvalue weighted by Crippen LogP contribution is -2.37. The van der Waals surface area contributed by atoms with Crippen molar-refractivity contribution in [2.24, 2.45) is 5.92 Å². The van der Waals surface area contributed by atoms with Crippen LogP contribution in [0.5, 0.6) is 0 Å². The second-order valence-corrected chi connectivity index (χ2v) is 4.82. The lowest BCUT2D eigenvalue weighted by atomic mass is 9.82. The Morgan fingerprint density at radius 1 is 1.44 bits per heavy atom. The first-order chi connectivity index (χ1) is 7.74. The summed E-state index contributed by atoms with van der Waals surface area (Å²) in [5.74, 6) is 0.698. The molecule has 0 saturated heterocycles. The topological polar surface area (TPSA) is 36.4 Å². The first-order valence-corrected chi connectivity index (χ1v) is 6.00. The maximum atomic E-state index is 9.21. The molecule has 0 bridgehead atoms. The minimum absolute atomic E-state index is 0.0332. The Morgan fingerprint density at radius 3 is 2.88 bits per heavy atom. The van der Waals surface area contributed by atoms with Gasteiger partial charge in [0.1, 0.15) is 0 Å². The molecular weight excluding hydrogens is 200 g/mol. The molecule has 1 N–H and O–H groups in total. The second-order valence-electron chi connectivity index (χ2n) is 4.82. The van der Waals surface area contributed by atoms with E-state index in [1.54, 1.807) is 0 Å². The third kappa shape index (κ3) is 3.29. The molecule has 1 saturated carbocycles. The summed E-state index contributed by atoms with van der Waals surface area (Å²) in [5, 5.41) is 9.21. The van der Waals surface area contributed by atoms with Crippen molar-refractivity contribution in [3.63, 3.8) is 0 Å². The number of rotatable bonds is 5. The molecule has 0 aromatic carbocycles. The van der Waals surface area contributed by atoms with Gasteiger partial charge in [0.25, 0.3) is 0 Å². The fraction of sp³-hybridized carbons (Fsp3) is 0.615. The molecular formula is C13H20N2O. The van der Waals surface area contributed by atoms with E-state index in [9.17, 15) is 5.11 Å². The second kappa shape index (κ2) is 5.41. The van der Waals surface area contributed by atoms with Gasteiger partial charge < -0.3 is 10.0 Å². The van der Waals surface area contributed by atoms with Crippen LogP contribution in [0.15, 0.2) is 24.4 Å². The first kappa shape index (κ1) is 11.6. The quantitative estimate of drug-likeness (QED) is 0.813. The number of aromatic nitrogens is 1. The Morgan fingerprint density at radius 2 is 2.25 bits per heavy atom. The highest BCUT2D eigenvalue weighted by atomic mass is 16.3. The van der Waals surface area contributed by atoms with E-state index in [1.807, 2.05) is 18.3 Å². The minimum Gasteiger partial charge on any atom is -0.393 e. The standard InChI is InChI=1S/C13H20N2O/c1-15(10-11-8-13(16)9-11)7-5-12-4-2-3-6-14-12/h2-4,6,11,13,16H,5,7-10H2,1H3. The average Bonchev–Trinajstić information content (AvgIpc) is 2.26. The van der Waals surface area contributed by atoms with Gasteiger partial charge in [-0.15, -0.1) is 0 Å². The molecule has 0 aliphatic heterocycles. The molecule has 1 fully saturated rings. The summed E-state index contributed by atoms with van der Waals surface area (Å²) in [4.78, 5) is 6.65. The zero-order chi connectivity index (χ0) is 11.4. The van der Waals surface area contributed by atoms with Gasteiger partial charge in [0, 0.05) is 31.4 Å². The van der Waals surface area contributed by atoms with Gasteiger partial charge in [-0.2, -0.15) is 0 Å². The fourth-order valence-corrected chi connectivity index (χ4v) is 2.23. The smallest absolute Gasteiger partial charge is 0.0546 e. The van der Waals surface area contributed by atoms with Crippen molar-refractivity contribution >= 4 is 0 Å². The van der Waals surface area contributed by atoms with E-state index in [2.05, 4.69) is 23.0 Å². The normalized spacial score (nSPS) is 24.4.